The Balaban J connectivity index is 1.84. The number of carbonyl (C=O) groups is 2. The summed E-state index contributed by atoms with van der Waals surface area (Å²) in [7, 11) is 1.64. The summed E-state index contributed by atoms with van der Waals surface area (Å²) >= 11 is 0. The van der Waals surface area contributed by atoms with Crippen molar-refractivity contribution < 1.29 is 14.5 Å². The third-order valence-electron chi connectivity index (χ3n) is 3.14. The van der Waals surface area contributed by atoms with Crippen LogP contribution >= 0.6 is 0 Å². The fourth-order valence-electron chi connectivity index (χ4n) is 1.98. The molecule has 0 bridgehead atoms. The van der Waals surface area contributed by atoms with Crippen LogP contribution in [0.5, 0.6) is 0 Å². The number of likely N-dealkylation sites (N-methyl/N-ethyl adjacent to an activating group) is 1. The summed E-state index contributed by atoms with van der Waals surface area (Å²) in [4.78, 5) is 35.4. The zero-order valence-corrected chi connectivity index (χ0v) is 12.2. The van der Waals surface area contributed by atoms with Gasteiger partial charge < -0.3 is 10.6 Å². The molecule has 0 saturated heterocycles. The van der Waals surface area contributed by atoms with Gasteiger partial charge in [-0.1, -0.05) is 12.1 Å². The van der Waals surface area contributed by atoms with Crippen LogP contribution in [0.4, 0.5) is 11.4 Å². The minimum atomic E-state index is -0.553. The van der Waals surface area contributed by atoms with Gasteiger partial charge in [0, 0.05) is 12.1 Å². The Bertz CT molecular complexity index is 586. The maximum absolute atomic E-state index is 11.9. The van der Waals surface area contributed by atoms with E-state index in [0.29, 0.717) is 0 Å². The van der Waals surface area contributed by atoms with Gasteiger partial charge in [-0.2, -0.15) is 0 Å². The molecule has 1 aliphatic carbocycles. The molecule has 1 saturated carbocycles. The van der Waals surface area contributed by atoms with Crippen molar-refractivity contribution in [3.8, 4) is 0 Å². The molecule has 1 aliphatic rings. The van der Waals surface area contributed by atoms with Crippen molar-refractivity contribution in [2.24, 2.45) is 0 Å². The number of anilines is 1. The van der Waals surface area contributed by atoms with Gasteiger partial charge in [0.2, 0.25) is 11.8 Å². The predicted octanol–water partition coefficient (Wildman–Crippen LogP) is 0.744. The molecule has 1 aromatic carbocycles. The highest BCUT2D eigenvalue weighted by Gasteiger charge is 2.24. The fourth-order valence-corrected chi connectivity index (χ4v) is 1.98. The second-order valence-electron chi connectivity index (χ2n) is 5.34. The molecule has 0 unspecified atom stereocenters. The Morgan fingerprint density at radius 3 is 2.55 bits per heavy atom. The second-order valence-corrected chi connectivity index (χ2v) is 5.34. The third-order valence-corrected chi connectivity index (χ3v) is 3.14. The van der Waals surface area contributed by atoms with E-state index in [4.69, 9.17) is 0 Å². The number of nitrogens with one attached hydrogen (secondary N) is 2. The van der Waals surface area contributed by atoms with Crippen LogP contribution in [0.1, 0.15) is 12.8 Å². The monoisotopic (exact) mass is 306 g/mol. The maximum Gasteiger partial charge on any atom is 0.292 e. The normalized spacial score (nSPS) is 13.7. The van der Waals surface area contributed by atoms with E-state index < -0.39 is 10.8 Å². The van der Waals surface area contributed by atoms with E-state index in [2.05, 4.69) is 10.6 Å². The molecule has 2 rings (SSSR count). The first-order chi connectivity index (χ1) is 10.5. The predicted molar refractivity (Wildman–Crippen MR) is 80.4 cm³/mol. The molecule has 0 heterocycles. The van der Waals surface area contributed by atoms with Crippen LogP contribution in [0.3, 0.4) is 0 Å². The molecule has 1 aromatic rings. The molecule has 22 heavy (non-hydrogen) atoms. The lowest BCUT2D eigenvalue weighted by atomic mass is 10.2. The van der Waals surface area contributed by atoms with E-state index >= 15 is 0 Å². The summed E-state index contributed by atoms with van der Waals surface area (Å²) in [5, 5.41) is 16.2. The highest BCUT2D eigenvalue weighted by molar-refractivity contribution is 5.94. The standard InChI is InChI=1S/C14H18N4O4/c1-17(8-13(19)15-10-6-7-10)9-14(20)16-11-4-2-3-5-12(11)18(21)22/h2-5,10H,6-9H2,1H3,(H,15,19)(H,16,20). The van der Waals surface area contributed by atoms with Gasteiger partial charge in [-0.3, -0.25) is 24.6 Å². The van der Waals surface area contributed by atoms with Crippen molar-refractivity contribution in [1.29, 1.82) is 0 Å². The number of amides is 2. The molecule has 0 spiro atoms. The lowest BCUT2D eigenvalue weighted by Gasteiger charge is -2.15. The summed E-state index contributed by atoms with van der Waals surface area (Å²) in [5.74, 6) is -0.528. The van der Waals surface area contributed by atoms with Crippen molar-refractivity contribution in [2.75, 3.05) is 25.5 Å². The lowest BCUT2D eigenvalue weighted by Crippen LogP contribution is -2.39. The topological polar surface area (TPSA) is 105 Å². The maximum atomic E-state index is 11.9. The molecule has 0 atom stereocenters. The molecule has 0 aromatic heterocycles. The minimum Gasteiger partial charge on any atom is -0.352 e. The van der Waals surface area contributed by atoms with Crippen LogP contribution in [0.25, 0.3) is 0 Å². The van der Waals surface area contributed by atoms with Crippen LogP contribution in [0, 0.1) is 10.1 Å². The summed E-state index contributed by atoms with van der Waals surface area (Å²) in [6.07, 6.45) is 2.02. The van der Waals surface area contributed by atoms with Crippen LogP contribution in [-0.4, -0.2) is 47.8 Å². The van der Waals surface area contributed by atoms with Gasteiger partial charge in [-0.05, 0) is 26.0 Å². The fraction of sp³-hybridized carbons (Fsp3) is 0.429. The molecule has 1 fully saturated rings. The molecule has 2 N–H and O–H groups in total. The molecule has 8 heteroatoms. The van der Waals surface area contributed by atoms with Crippen LogP contribution in [0.2, 0.25) is 0 Å². The van der Waals surface area contributed by atoms with Crippen LogP contribution < -0.4 is 10.6 Å². The van der Waals surface area contributed by atoms with Crippen LogP contribution in [0.15, 0.2) is 24.3 Å². The van der Waals surface area contributed by atoms with Crippen molar-refractivity contribution in [1.82, 2.24) is 10.2 Å². The Kier molecular flexibility index (Phi) is 5.05. The summed E-state index contributed by atoms with van der Waals surface area (Å²) in [5.41, 5.74) is -0.0155. The highest BCUT2D eigenvalue weighted by atomic mass is 16.6. The molecule has 118 valence electrons. The van der Waals surface area contributed by atoms with Gasteiger partial charge in [0.25, 0.3) is 5.69 Å². The summed E-state index contributed by atoms with van der Waals surface area (Å²) in [6, 6.07) is 6.21. The van der Waals surface area contributed by atoms with Crippen LogP contribution in [-0.2, 0) is 9.59 Å². The van der Waals surface area contributed by atoms with E-state index in [0.717, 1.165) is 12.8 Å². The average molecular weight is 306 g/mol. The average Bonchev–Trinajstić information content (AvgIpc) is 3.22. The Morgan fingerprint density at radius 2 is 1.91 bits per heavy atom. The van der Waals surface area contributed by atoms with Gasteiger partial charge in [0.05, 0.1) is 18.0 Å². The van der Waals surface area contributed by atoms with E-state index in [1.54, 1.807) is 18.0 Å². The van der Waals surface area contributed by atoms with E-state index in [1.807, 2.05) is 0 Å². The highest BCUT2D eigenvalue weighted by Crippen LogP contribution is 2.23. The number of hydrogen-bond acceptors (Lipinski definition) is 5. The molecule has 2 amide bonds. The number of para-hydroxylation sites is 2. The zero-order chi connectivity index (χ0) is 16.1. The van der Waals surface area contributed by atoms with Gasteiger partial charge >= 0.3 is 0 Å². The molecule has 0 radical (unpaired) electrons. The third kappa shape index (κ3) is 4.81. The Morgan fingerprint density at radius 1 is 1.27 bits per heavy atom. The quantitative estimate of drug-likeness (QED) is 0.571. The number of nitrogens with zero attached hydrogens (tertiary/aromatic N) is 2. The SMILES string of the molecule is CN(CC(=O)Nc1ccccc1[N+](=O)[O-])CC(=O)NC1CC1. The van der Waals surface area contributed by atoms with E-state index in [1.165, 1.54) is 18.2 Å². The van der Waals surface area contributed by atoms with Crippen molar-refractivity contribution in [3.05, 3.63) is 34.4 Å². The van der Waals surface area contributed by atoms with E-state index in [-0.39, 0.29) is 36.4 Å². The Labute approximate surface area is 127 Å². The first kappa shape index (κ1) is 15.9. The number of hydrogen-bond donors (Lipinski definition) is 2. The molecular formula is C14H18N4O4. The summed E-state index contributed by atoms with van der Waals surface area (Å²) < 4.78 is 0. The first-order valence-corrected chi connectivity index (χ1v) is 6.97. The summed E-state index contributed by atoms with van der Waals surface area (Å²) in [6.45, 7) is 0.0882. The zero-order valence-electron chi connectivity index (χ0n) is 12.2. The first-order valence-electron chi connectivity index (χ1n) is 6.97. The molecular weight excluding hydrogens is 288 g/mol. The molecule has 0 aliphatic heterocycles. The lowest BCUT2D eigenvalue weighted by molar-refractivity contribution is -0.383. The minimum absolute atomic E-state index is 0.0237. The molecule has 8 nitrogen and oxygen atoms in total. The van der Waals surface area contributed by atoms with Crippen molar-refractivity contribution in [2.45, 2.75) is 18.9 Å². The number of carbonyl (C=O) groups excluding carboxylic acids is 2. The Hall–Kier alpha value is -2.48. The van der Waals surface area contributed by atoms with Crippen molar-refractivity contribution in [3.63, 3.8) is 0 Å². The van der Waals surface area contributed by atoms with Gasteiger partial charge in [0.15, 0.2) is 0 Å². The number of nitro groups is 1. The number of rotatable bonds is 7. The smallest absolute Gasteiger partial charge is 0.292 e. The van der Waals surface area contributed by atoms with Gasteiger partial charge in [-0.25, -0.2) is 0 Å². The second kappa shape index (κ2) is 6.99. The van der Waals surface area contributed by atoms with Gasteiger partial charge in [0.1, 0.15) is 5.69 Å². The number of nitro benzene ring substituents is 1. The number of benzene rings is 1. The van der Waals surface area contributed by atoms with Crippen molar-refractivity contribution >= 4 is 23.2 Å². The van der Waals surface area contributed by atoms with Gasteiger partial charge in [-0.15, -0.1) is 0 Å². The largest absolute Gasteiger partial charge is 0.352 e. The van der Waals surface area contributed by atoms with E-state index in [9.17, 15) is 19.7 Å².